The summed E-state index contributed by atoms with van der Waals surface area (Å²) in [6.07, 6.45) is 4.57. The predicted molar refractivity (Wildman–Crippen MR) is 73.8 cm³/mol. The molecule has 2 rings (SSSR count). The molecule has 18 heavy (non-hydrogen) atoms. The molecule has 0 bridgehead atoms. The standard InChI is InChI=1S/C14H25N3O/c1-11(2)8-17-9-12(3)16-14(17)15-7-13-5-4-6-18-10-13/h9,11,13H,4-8,10H2,1-3H3,(H,15,16). The van der Waals surface area contributed by atoms with Gasteiger partial charge in [0.05, 0.1) is 12.3 Å². The van der Waals surface area contributed by atoms with Crippen LogP contribution < -0.4 is 5.32 Å². The summed E-state index contributed by atoms with van der Waals surface area (Å²) in [6, 6.07) is 0. The summed E-state index contributed by atoms with van der Waals surface area (Å²) < 4.78 is 7.73. The average Bonchev–Trinajstić information content (AvgIpc) is 2.67. The molecule has 4 nitrogen and oxygen atoms in total. The van der Waals surface area contributed by atoms with Gasteiger partial charge in [-0.2, -0.15) is 0 Å². The van der Waals surface area contributed by atoms with Crippen molar-refractivity contribution in [1.82, 2.24) is 9.55 Å². The van der Waals surface area contributed by atoms with Gasteiger partial charge in [-0.1, -0.05) is 13.8 Å². The molecule has 102 valence electrons. The number of hydrogen-bond acceptors (Lipinski definition) is 3. The van der Waals surface area contributed by atoms with Gasteiger partial charge >= 0.3 is 0 Å². The van der Waals surface area contributed by atoms with Crippen molar-refractivity contribution in [2.45, 2.75) is 40.2 Å². The van der Waals surface area contributed by atoms with E-state index >= 15 is 0 Å². The Bertz CT molecular complexity index is 367. The van der Waals surface area contributed by atoms with Gasteiger partial charge in [0.2, 0.25) is 5.95 Å². The molecule has 1 aliphatic rings. The van der Waals surface area contributed by atoms with E-state index in [9.17, 15) is 0 Å². The van der Waals surface area contributed by atoms with Crippen LogP contribution in [0.2, 0.25) is 0 Å². The largest absolute Gasteiger partial charge is 0.381 e. The maximum atomic E-state index is 5.50. The minimum absolute atomic E-state index is 0.628. The van der Waals surface area contributed by atoms with E-state index in [1.165, 1.54) is 12.8 Å². The minimum Gasteiger partial charge on any atom is -0.381 e. The first kappa shape index (κ1) is 13.4. The molecule has 1 aromatic heterocycles. The lowest BCUT2D eigenvalue weighted by Gasteiger charge is -2.22. The Kier molecular flexibility index (Phi) is 4.64. The normalized spacial score (nSPS) is 20.3. The van der Waals surface area contributed by atoms with Gasteiger partial charge in [0.15, 0.2) is 0 Å². The zero-order chi connectivity index (χ0) is 13.0. The number of nitrogens with zero attached hydrogens (tertiary/aromatic N) is 2. The SMILES string of the molecule is Cc1cn(CC(C)C)c(NCC2CCCOC2)n1. The Morgan fingerprint density at radius 2 is 2.39 bits per heavy atom. The first-order valence-electron chi connectivity index (χ1n) is 7.00. The fraction of sp³-hybridized carbons (Fsp3) is 0.786. The van der Waals surface area contributed by atoms with E-state index in [4.69, 9.17) is 4.74 Å². The van der Waals surface area contributed by atoms with Crippen molar-refractivity contribution in [1.29, 1.82) is 0 Å². The van der Waals surface area contributed by atoms with Gasteiger partial charge in [0.1, 0.15) is 0 Å². The molecule has 4 heteroatoms. The molecule has 1 saturated heterocycles. The molecule has 1 atom stereocenters. The highest BCUT2D eigenvalue weighted by atomic mass is 16.5. The summed E-state index contributed by atoms with van der Waals surface area (Å²) in [4.78, 5) is 4.56. The topological polar surface area (TPSA) is 39.1 Å². The Hall–Kier alpha value is -1.03. The third-order valence-corrected chi connectivity index (χ3v) is 3.26. The number of rotatable bonds is 5. The molecule has 1 aromatic rings. The Morgan fingerprint density at radius 1 is 1.56 bits per heavy atom. The molecule has 0 spiro atoms. The summed E-state index contributed by atoms with van der Waals surface area (Å²) in [7, 11) is 0. The van der Waals surface area contributed by atoms with Gasteiger partial charge < -0.3 is 14.6 Å². The van der Waals surface area contributed by atoms with E-state index in [2.05, 4.69) is 34.9 Å². The third-order valence-electron chi connectivity index (χ3n) is 3.26. The summed E-state index contributed by atoms with van der Waals surface area (Å²) in [5, 5.41) is 3.48. The number of anilines is 1. The zero-order valence-electron chi connectivity index (χ0n) is 11.8. The second-order valence-electron chi connectivity index (χ2n) is 5.72. The zero-order valence-corrected chi connectivity index (χ0v) is 11.8. The van der Waals surface area contributed by atoms with Crippen LogP contribution in [0.25, 0.3) is 0 Å². The number of ether oxygens (including phenoxy) is 1. The number of aromatic nitrogens is 2. The van der Waals surface area contributed by atoms with Crippen molar-refractivity contribution in [3.63, 3.8) is 0 Å². The quantitative estimate of drug-likeness (QED) is 0.874. The molecule has 1 N–H and O–H groups in total. The maximum absolute atomic E-state index is 5.50. The van der Waals surface area contributed by atoms with Crippen molar-refractivity contribution in [3.8, 4) is 0 Å². The lowest BCUT2D eigenvalue weighted by Crippen LogP contribution is -2.25. The van der Waals surface area contributed by atoms with E-state index in [0.29, 0.717) is 11.8 Å². The fourth-order valence-corrected chi connectivity index (χ4v) is 2.42. The molecule has 1 aliphatic heterocycles. The van der Waals surface area contributed by atoms with Crippen LogP contribution in [0.3, 0.4) is 0 Å². The minimum atomic E-state index is 0.628. The highest BCUT2D eigenvalue weighted by Crippen LogP contribution is 2.16. The second-order valence-corrected chi connectivity index (χ2v) is 5.72. The van der Waals surface area contributed by atoms with E-state index in [1.807, 2.05) is 6.92 Å². The molecular formula is C14H25N3O. The number of hydrogen-bond donors (Lipinski definition) is 1. The smallest absolute Gasteiger partial charge is 0.203 e. The average molecular weight is 251 g/mol. The van der Waals surface area contributed by atoms with Crippen LogP contribution in [0.5, 0.6) is 0 Å². The molecule has 1 fully saturated rings. The van der Waals surface area contributed by atoms with Gasteiger partial charge in [-0.15, -0.1) is 0 Å². The molecule has 0 aliphatic carbocycles. The monoisotopic (exact) mass is 251 g/mol. The Morgan fingerprint density at radius 3 is 3.06 bits per heavy atom. The molecule has 2 heterocycles. The third kappa shape index (κ3) is 3.73. The van der Waals surface area contributed by atoms with Crippen molar-refractivity contribution in [2.75, 3.05) is 25.1 Å². The van der Waals surface area contributed by atoms with E-state index in [1.54, 1.807) is 0 Å². The Balaban J connectivity index is 1.91. The molecule has 0 radical (unpaired) electrons. The maximum Gasteiger partial charge on any atom is 0.203 e. The van der Waals surface area contributed by atoms with Crippen LogP contribution in [-0.4, -0.2) is 29.3 Å². The van der Waals surface area contributed by atoms with Gasteiger partial charge in [0.25, 0.3) is 0 Å². The lowest BCUT2D eigenvalue weighted by molar-refractivity contribution is 0.0594. The first-order chi connectivity index (χ1) is 8.65. The van der Waals surface area contributed by atoms with Crippen molar-refractivity contribution >= 4 is 5.95 Å². The van der Waals surface area contributed by atoms with Gasteiger partial charge in [-0.3, -0.25) is 0 Å². The summed E-state index contributed by atoms with van der Waals surface area (Å²) in [6.45, 7) is 10.3. The Labute approximate surface area is 110 Å². The summed E-state index contributed by atoms with van der Waals surface area (Å²) in [5.74, 6) is 2.27. The molecule has 0 aromatic carbocycles. The second kappa shape index (κ2) is 6.23. The fourth-order valence-electron chi connectivity index (χ4n) is 2.42. The van der Waals surface area contributed by atoms with Crippen LogP contribution in [0.4, 0.5) is 5.95 Å². The van der Waals surface area contributed by atoms with Crippen LogP contribution in [0, 0.1) is 18.8 Å². The highest BCUT2D eigenvalue weighted by Gasteiger charge is 2.15. The number of imidazole rings is 1. The molecule has 0 amide bonds. The highest BCUT2D eigenvalue weighted by molar-refractivity contribution is 5.28. The van der Waals surface area contributed by atoms with Gasteiger partial charge in [0, 0.05) is 25.9 Å². The van der Waals surface area contributed by atoms with Crippen LogP contribution in [0.15, 0.2) is 6.20 Å². The molecule has 1 unspecified atom stereocenters. The van der Waals surface area contributed by atoms with Gasteiger partial charge in [-0.25, -0.2) is 4.98 Å². The van der Waals surface area contributed by atoms with Crippen LogP contribution >= 0.6 is 0 Å². The summed E-state index contributed by atoms with van der Waals surface area (Å²) in [5.41, 5.74) is 1.08. The molecular weight excluding hydrogens is 226 g/mol. The van der Waals surface area contributed by atoms with Crippen molar-refractivity contribution < 1.29 is 4.74 Å². The van der Waals surface area contributed by atoms with Crippen LogP contribution in [0.1, 0.15) is 32.4 Å². The first-order valence-corrected chi connectivity index (χ1v) is 7.00. The van der Waals surface area contributed by atoms with Gasteiger partial charge in [-0.05, 0) is 31.6 Å². The van der Waals surface area contributed by atoms with Crippen molar-refractivity contribution in [3.05, 3.63) is 11.9 Å². The predicted octanol–water partition coefficient (Wildman–Crippen LogP) is 2.69. The molecule has 0 saturated carbocycles. The number of aryl methyl sites for hydroxylation is 1. The lowest BCUT2D eigenvalue weighted by atomic mass is 10.0. The van der Waals surface area contributed by atoms with Crippen molar-refractivity contribution in [2.24, 2.45) is 11.8 Å². The van der Waals surface area contributed by atoms with E-state index in [-0.39, 0.29) is 0 Å². The van der Waals surface area contributed by atoms with Crippen LogP contribution in [-0.2, 0) is 11.3 Å². The number of nitrogens with one attached hydrogen (secondary N) is 1. The van der Waals surface area contributed by atoms with E-state index < -0.39 is 0 Å². The van der Waals surface area contributed by atoms with E-state index in [0.717, 1.165) is 37.9 Å². The summed E-state index contributed by atoms with van der Waals surface area (Å²) >= 11 is 0.